The van der Waals surface area contributed by atoms with Gasteiger partial charge in [-0.25, -0.2) is 4.79 Å². The quantitative estimate of drug-likeness (QED) is 0.577. The maximum Gasteiger partial charge on any atom is 0.338 e. The first-order valence-electron chi connectivity index (χ1n) is 5.26. The van der Waals surface area contributed by atoms with Crippen LogP contribution in [0.5, 0.6) is 0 Å². The molecule has 0 unspecified atom stereocenters. The van der Waals surface area contributed by atoms with Crippen LogP contribution < -0.4 is 0 Å². The molecule has 0 aromatic heterocycles. The number of ether oxygens (including phenoxy) is 1. The third-order valence-electron chi connectivity index (χ3n) is 2.34. The number of methoxy groups -OCH3 is 1. The molecule has 17 heavy (non-hydrogen) atoms. The molecule has 0 spiro atoms. The van der Waals surface area contributed by atoms with Crippen LogP contribution in [0.15, 0.2) is 24.3 Å². The fraction of sp³-hybridized carbons (Fsp3) is 0.308. The molecule has 0 saturated heterocycles. The number of benzene rings is 1. The third-order valence-corrected chi connectivity index (χ3v) is 2.34. The van der Waals surface area contributed by atoms with E-state index in [0.717, 1.165) is 0 Å². The topological polar surface area (TPSA) is 60.4 Å². The van der Waals surface area contributed by atoms with Crippen molar-refractivity contribution in [3.63, 3.8) is 0 Å². The average molecular weight is 234 g/mol. The Bertz CT molecular complexity index is 448. The molecule has 0 bridgehead atoms. The number of rotatable bonds is 5. The van der Waals surface area contributed by atoms with E-state index in [9.17, 15) is 14.4 Å². The van der Waals surface area contributed by atoms with Crippen LogP contribution in [0.4, 0.5) is 0 Å². The Morgan fingerprint density at radius 1 is 1.06 bits per heavy atom. The number of Topliss-reactive ketones (excluding diaryl/α,β-unsaturated/α-hetero) is 2. The normalized spacial score (nSPS) is 9.76. The number of ketones is 2. The molecule has 1 aromatic carbocycles. The fourth-order valence-electron chi connectivity index (χ4n) is 1.44. The summed E-state index contributed by atoms with van der Waals surface area (Å²) in [7, 11) is 1.26. The lowest BCUT2D eigenvalue weighted by molar-refractivity contribution is -0.116. The van der Waals surface area contributed by atoms with Gasteiger partial charge in [-0.1, -0.05) is 18.2 Å². The van der Waals surface area contributed by atoms with Crippen molar-refractivity contribution in [3.8, 4) is 0 Å². The van der Waals surface area contributed by atoms with Gasteiger partial charge < -0.3 is 9.53 Å². The van der Waals surface area contributed by atoms with Crippen molar-refractivity contribution in [1.82, 2.24) is 0 Å². The molecule has 0 amide bonds. The molecular formula is C13H14O4. The van der Waals surface area contributed by atoms with E-state index in [2.05, 4.69) is 4.74 Å². The Morgan fingerprint density at radius 3 is 2.18 bits per heavy atom. The van der Waals surface area contributed by atoms with E-state index in [1.54, 1.807) is 18.2 Å². The van der Waals surface area contributed by atoms with Crippen LogP contribution >= 0.6 is 0 Å². The number of carbonyl (C=O) groups excluding carboxylic acids is 3. The molecule has 4 heteroatoms. The first-order valence-corrected chi connectivity index (χ1v) is 5.26. The van der Waals surface area contributed by atoms with Gasteiger partial charge in [0.2, 0.25) is 0 Å². The van der Waals surface area contributed by atoms with E-state index in [1.165, 1.54) is 20.1 Å². The van der Waals surface area contributed by atoms with Crippen LogP contribution in [-0.2, 0) is 9.53 Å². The Morgan fingerprint density at radius 2 is 1.65 bits per heavy atom. The lowest BCUT2D eigenvalue weighted by Crippen LogP contribution is -2.11. The van der Waals surface area contributed by atoms with E-state index in [1.807, 2.05) is 0 Å². The summed E-state index contributed by atoms with van der Waals surface area (Å²) < 4.78 is 4.59. The van der Waals surface area contributed by atoms with Gasteiger partial charge in [0.1, 0.15) is 5.78 Å². The zero-order valence-electron chi connectivity index (χ0n) is 9.86. The highest BCUT2D eigenvalue weighted by Crippen LogP contribution is 2.13. The largest absolute Gasteiger partial charge is 0.465 e. The fourth-order valence-corrected chi connectivity index (χ4v) is 1.44. The van der Waals surface area contributed by atoms with Crippen molar-refractivity contribution in [2.75, 3.05) is 7.11 Å². The smallest absolute Gasteiger partial charge is 0.338 e. The van der Waals surface area contributed by atoms with Crippen molar-refractivity contribution < 1.29 is 19.1 Å². The number of esters is 1. The Balaban J connectivity index is 2.93. The van der Waals surface area contributed by atoms with Crippen molar-refractivity contribution in [1.29, 1.82) is 0 Å². The molecule has 0 fully saturated rings. The van der Waals surface area contributed by atoms with Gasteiger partial charge in [-0.05, 0) is 13.0 Å². The van der Waals surface area contributed by atoms with E-state index < -0.39 is 5.97 Å². The number of hydrogen-bond donors (Lipinski definition) is 0. The van der Waals surface area contributed by atoms with Crippen molar-refractivity contribution >= 4 is 17.5 Å². The molecule has 0 radical (unpaired) electrons. The van der Waals surface area contributed by atoms with E-state index in [0.29, 0.717) is 5.56 Å². The van der Waals surface area contributed by atoms with Crippen molar-refractivity contribution in [2.24, 2.45) is 0 Å². The van der Waals surface area contributed by atoms with Crippen LogP contribution in [0, 0.1) is 0 Å². The lowest BCUT2D eigenvalue weighted by Gasteiger charge is -2.05. The minimum absolute atomic E-state index is 0.0473. The van der Waals surface area contributed by atoms with Gasteiger partial charge >= 0.3 is 5.97 Å². The molecule has 0 saturated carbocycles. The predicted octanol–water partition coefficient (Wildman–Crippen LogP) is 2.03. The first kappa shape index (κ1) is 13.1. The molecule has 0 aliphatic rings. The molecule has 4 nitrogen and oxygen atoms in total. The second-order valence-electron chi connectivity index (χ2n) is 3.66. The van der Waals surface area contributed by atoms with Crippen LogP contribution in [0.2, 0.25) is 0 Å². The standard InChI is InChI=1S/C13H14O4/c1-9(14)7-8-12(15)10-5-3-4-6-11(10)13(16)17-2/h3-6H,7-8H2,1-2H3. The molecule has 0 aliphatic carbocycles. The Kier molecular flexibility index (Phi) is 4.57. The summed E-state index contributed by atoms with van der Waals surface area (Å²) in [4.78, 5) is 34.1. The third kappa shape index (κ3) is 3.52. The van der Waals surface area contributed by atoms with Crippen LogP contribution in [0.25, 0.3) is 0 Å². The maximum absolute atomic E-state index is 11.8. The molecule has 0 aliphatic heterocycles. The molecule has 0 N–H and O–H groups in total. The summed E-state index contributed by atoms with van der Waals surface area (Å²) in [6.07, 6.45) is 0.303. The summed E-state index contributed by atoms with van der Waals surface area (Å²) in [6.45, 7) is 1.43. The minimum Gasteiger partial charge on any atom is -0.465 e. The van der Waals surface area contributed by atoms with E-state index >= 15 is 0 Å². The summed E-state index contributed by atoms with van der Waals surface area (Å²) in [6, 6.07) is 6.43. The molecule has 1 aromatic rings. The Hall–Kier alpha value is -1.97. The zero-order valence-corrected chi connectivity index (χ0v) is 9.86. The van der Waals surface area contributed by atoms with Crippen molar-refractivity contribution in [3.05, 3.63) is 35.4 Å². The highest BCUT2D eigenvalue weighted by atomic mass is 16.5. The van der Waals surface area contributed by atoms with Crippen LogP contribution in [0.1, 0.15) is 40.5 Å². The average Bonchev–Trinajstić information content (AvgIpc) is 2.34. The SMILES string of the molecule is COC(=O)c1ccccc1C(=O)CCC(C)=O. The lowest BCUT2D eigenvalue weighted by atomic mass is 10.00. The molecule has 0 heterocycles. The van der Waals surface area contributed by atoms with Gasteiger partial charge in [0, 0.05) is 18.4 Å². The highest BCUT2D eigenvalue weighted by molar-refractivity contribution is 6.07. The zero-order chi connectivity index (χ0) is 12.8. The van der Waals surface area contributed by atoms with Gasteiger partial charge in [-0.15, -0.1) is 0 Å². The monoisotopic (exact) mass is 234 g/mol. The molecule has 0 atom stereocenters. The van der Waals surface area contributed by atoms with E-state index in [-0.39, 0.29) is 30.0 Å². The van der Waals surface area contributed by atoms with Gasteiger partial charge in [0.05, 0.1) is 12.7 Å². The number of hydrogen-bond acceptors (Lipinski definition) is 4. The van der Waals surface area contributed by atoms with Crippen LogP contribution in [-0.4, -0.2) is 24.6 Å². The molecule has 1 rings (SSSR count). The predicted molar refractivity (Wildman–Crippen MR) is 62.0 cm³/mol. The Labute approximate surface area is 99.6 Å². The van der Waals surface area contributed by atoms with Gasteiger partial charge in [0.15, 0.2) is 5.78 Å². The number of carbonyl (C=O) groups is 3. The second kappa shape index (κ2) is 5.94. The summed E-state index contributed by atoms with van der Waals surface area (Å²) in [5, 5.41) is 0. The van der Waals surface area contributed by atoms with Gasteiger partial charge in [-0.2, -0.15) is 0 Å². The van der Waals surface area contributed by atoms with Crippen LogP contribution in [0.3, 0.4) is 0 Å². The molecule has 90 valence electrons. The minimum atomic E-state index is -0.545. The maximum atomic E-state index is 11.8. The van der Waals surface area contributed by atoms with E-state index in [4.69, 9.17) is 0 Å². The second-order valence-corrected chi connectivity index (χ2v) is 3.66. The summed E-state index contributed by atoms with van der Waals surface area (Å²) in [5.41, 5.74) is 0.546. The highest BCUT2D eigenvalue weighted by Gasteiger charge is 2.16. The summed E-state index contributed by atoms with van der Waals surface area (Å²) >= 11 is 0. The molecular weight excluding hydrogens is 220 g/mol. The van der Waals surface area contributed by atoms with Crippen molar-refractivity contribution in [2.45, 2.75) is 19.8 Å². The first-order chi connectivity index (χ1) is 8.06. The van der Waals surface area contributed by atoms with Gasteiger partial charge in [0.25, 0.3) is 0 Å². The summed E-state index contributed by atoms with van der Waals surface area (Å²) in [5.74, 6) is -0.813. The van der Waals surface area contributed by atoms with Gasteiger partial charge in [-0.3, -0.25) is 4.79 Å².